The molecule has 2 rings (SSSR count). The first-order valence-corrected chi connectivity index (χ1v) is 8.84. The second-order valence-electron chi connectivity index (χ2n) is 6.92. The van der Waals surface area contributed by atoms with E-state index in [1.54, 1.807) is 7.05 Å². The zero-order valence-electron chi connectivity index (χ0n) is 14.7. The number of halogens is 3. The highest BCUT2D eigenvalue weighted by atomic mass is 19.4. The third kappa shape index (κ3) is 6.47. The van der Waals surface area contributed by atoms with Crippen LogP contribution in [-0.4, -0.2) is 80.8 Å². The monoisotopic (exact) mass is 349 g/mol. The molecule has 1 saturated carbocycles. The summed E-state index contributed by atoms with van der Waals surface area (Å²) >= 11 is 0. The Labute approximate surface area is 142 Å². The summed E-state index contributed by atoms with van der Waals surface area (Å²) in [6, 6.07) is 1.10. The SMILES string of the molecule is CN=C(NCCN(C)CC(F)(F)F)NC1CCN(C2CCCC2)C1. The number of likely N-dealkylation sites (tertiary alicyclic amines) is 1. The Morgan fingerprint density at radius 2 is 1.96 bits per heavy atom. The number of aliphatic imine (C=N–C) groups is 1. The van der Waals surface area contributed by atoms with Gasteiger partial charge in [0.05, 0.1) is 6.54 Å². The van der Waals surface area contributed by atoms with Crippen molar-refractivity contribution in [3.8, 4) is 0 Å². The van der Waals surface area contributed by atoms with E-state index in [-0.39, 0.29) is 0 Å². The van der Waals surface area contributed by atoms with Crippen LogP contribution in [0.25, 0.3) is 0 Å². The summed E-state index contributed by atoms with van der Waals surface area (Å²) in [5.41, 5.74) is 0. The molecular formula is C16H30F3N5. The van der Waals surface area contributed by atoms with Gasteiger partial charge in [-0.1, -0.05) is 12.8 Å². The summed E-state index contributed by atoms with van der Waals surface area (Å²) < 4.78 is 36.9. The van der Waals surface area contributed by atoms with Crippen LogP contribution in [-0.2, 0) is 0 Å². The van der Waals surface area contributed by atoms with E-state index in [0.29, 0.717) is 25.1 Å². The molecule has 1 saturated heterocycles. The Kier molecular flexibility index (Phi) is 7.16. The van der Waals surface area contributed by atoms with Gasteiger partial charge < -0.3 is 10.6 Å². The second kappa shape index (κ2) is 8.89. The molecule has 8 heteroatoms. The second-order valence-corrected chi connectivity index (χ2v) is 6.92. The fraction of sp³-hybridized carbons (Fsp3) is 0.938. The Balaban J connectivity index is 1.65. The summed E-state index contributed by atoms with van der Waals surface area (Å²) in [5, 5.41) is 6.51. The molecule has 5 nitrogen and oxygen atoms in total. The Morgan fingerprint density at radius 3 is 2.58 bits per heavy atom. The number of likely N-dealkylation sites (N-methyl/N-ethyl adjacent to an activating group) is 1. The highest BCUT2D eigenvalue weighted by Crippen LogP contribution is 2.26. The summed E-state index contributed by atoms with van der Waals surface area (Å²) in [7, 11) is 3.17. The maximum Gasteiger partial charge on any atom is 0.401 e. The van der Waals surface area contributed by atoms with Crippen LogP contribution in [0.1, 0.15) is 32.1 Å². The Bertz CT molecular complexity index is 407. The van der Waals surface area contributed by atoms with Crippen molar-refractivity contribution in [1.82, 2.24) is 20.4 Å². The van der Waals surface area contributed by atoms with Gasteiger partial charge in [-0.05, 0) is 26.3 Å². The van der Waals surface area contributed by atoms with Crippen molar-refractivity contribution >= 4 is 5.96 Å². The van der Waals surface area contributed by atoms with Crippen LogP contribution in [0.3, 0.4) is 0 Å². The van der Waals surface area contributed by atoms with E-state index < -0.39 is 12.7 Å². The van der Waals surface area contributed by atoms with Crippen molar-refractivity contribution in [3.63, 3.8) is 0 Å². The van der Waals surface area contributed by atoms with Crippen LogP contribution in [0, 0.1) is 0 Å². The Hall–Kier alpha value is -1.02. The molecule has 1 unspecified atom stereocenters. The minimum Gasteiger partial charge on any atom is -0.355 e. The molecule has 2 fully saturated rings. The lowest BCUT2D eigenvalue weighted by Gasteiger charge is -2.24. The third-order valence-electron chi connectivity index (χ3n) is 4.86. The van der Waals surface area contributed by atoms with Crippen molar-refractivity contribution in [2.24, 2.45) is 4.99 Å². The molecule has 1 atom stereocenters. The Morgan fingerprint density at radius 1 is 1.25 bits per heavy atom. The molecule has 0 spiro atoms. The van der Waals surface area contributed by atoms with Crippen molar-refractivity contribution in [3.05, 3.63) is 0 Å². The largest absolute Gasteiger partial charge is 0.401 e. The number of hydrogen-bond donors (Lipinski definition) is 2. The maximum atomic E-state index is 12.3. The average Bonchev–Trinajstić information content (AvgIpc) is 3.15. The van der Waals surface area contributed by atoms with E-state index >= 15 is 0 Å². The van der Waals surface area contributed by atoms with E-state index in [9.17, 15) is 13.2 Å². The topological polar surface area (TPSA) is 42.9 Å². The average molecular weight is 349 g/mol. The lowest BCUT2D eigenvalue weighted by Crippen LogP contribution is -2.47. The van der Waals surface area contributed by atoms with Crippen LogP contribution in [0.4, 0.5) is 13.2 Å². The molecule has 0 radical (unpaired) electrons. The van der Waals surface area contributed by atoms with Gasteiger partial charge in [0.15, 0.2) is 5.96 Å². The molecule has 0 aromatic carbocycles. The molecule has 0 aromatic heterocycles. The van der Waals surface area contributed by atoms with E-state index in [1.165, 1.54) is 37.6 Å². The number of nitrogens with one attached hydrogen (secondary N) is 2. The summed E-state index contributed by atoms with van der Waals surface area (Å²) in [6.45, 7) is 2.01. The molecule has 24 heavy (non-hydrogen) atoms. The number of nitrogens with zero attached hydrogens (tertiary/aromatic N) is 3. The highest BCUT2D eigenvalue weighted by molar-refractivity contribution is 5.80. The quantitative estimate of drug-likeness (QED) is 0.565. The summed E-state index contributed by atoms with van der Waals surface area (Å²) in [6.07, 6.45) is 2.24. The zero-order chi connectivity index (χ0) is 17.6. The van der Waals surface area contributed by atoms with Gasteiger partial charge in [0.25, 0.3) is 0 Å². The molecular weight excluding hydrogens is 319 g/mol. The van der Waals surface area contributed by atoms with Crippen LogP contribution >= 0.6 is 0 Å². The molecule has 1 aliphatic carbocycles. The van der Waals surface area contributed by atoms with Gasteiger partial charge in [-0.25, -0.2) is 0 Å². The predicted octanol–water partition coefficient (Wildman–Crippen LogP) is 1.66. The molecule has 2 N–H and O–H groups in total. The van der Waals surface area contributed by atoms with E-state index in [0.717, 1.165) is 25.6 Å². The molecule has 2 aliphatic rings. The van der Waals surface area contributed by atoms with E-state index in [1.807, 2.05) is 0 Å². The van der Waals surface area contributed by atoms with Gasteiger partial charge in [0.1, 0.15) is 0 Å². The summed E-state index contributed by atoms with van der Waals surface area (Å²) in [5.74, 6) is 0.675. The number of guanidine groups is 1. The normalized spacial score (nSPS) is 24.1. The van der Waals surface area contributed by atoms with Gasteiger partial charge in [0.2, 0.25) is 0 Å². The first kappa shape index (κ1) is 19.3. The van der Waals surface area contributed by atoms with Gasteiger partial charge >= 0.3 is 6.18 Å². The number of alkyl halides is 3. The van der Waals surface area contributed by atoms with Crippen molar-refractivity contribution in [2.45, 2.75) is 50.4 Å². The van der Waals surface area contributed by atoms with Crippen LogP contribution in [0.2, 0.25) is 0 Å². The minimum absolute atomic E-state index is 0.319. The van der Waals surface area contributed by atoms with Crippen LogP contribution in [0.15, 0.2) is 4.99 Å². The van der Waals surface area contributed by atoms with Crippen LogP contribution < -0.4 is 10.6 Å². The highest BCUT2D eigenvalue weighted by Gasteiger charge is 2.30. The first-order chi connectivity index (χ1) is 11.4. The smallest absolute Gasteiger partial charge is 0.355 e. The molecule has 0 bridgehead atoms. The molecule has 1 aliphatic heterocycles. The van der Waals surface area contributed by atoms with E-state index in [2.05, 4.69) is 20.5 Å². The van der Waals surface area contributed by atoms with Crippen molar-refractivity contribution < 1.29 is 13.2 Å². The molecule has 0 amide bonds. The maximum absolute atomic E-state index is 12.3. The standard InChI is InChI=1S/C16H30F3N5/c1-20-15(21-8-10-23(2)12-16(17,18)19)22-13-7-9-24(11-13)14-5-3-4-6-14/h13-14H,3-12H2,1-2H3,(H2,20,21,22). The molecule has 1 heterocycles. The van der Waals surface area contributed by atoms with Gasteiger partial charge in [-0.2, -0.15) is 13.2 Å². The van der Waals surface area contributed by atoms with Crippen molar-refractivity contribution in [1.29, 1.82) is 0 Å². The van der Waals surface area contributed by atoms with Crippen LogP contribution in [0.5, 0.6) is 0 Å². The van der Waals surface area contributed by atoms with Gasteiger partial charge in [-0.15, -0.1) is 0 Å². The van der Waals surface area contributed by atoms with Crippen molar-refractivity contribution in [2.75, 3.05) is 46.8 Å². The predicted molar refractivity (Wildman–Crippen MR) is 90.3 cm³/mol. The third-order valence-corrected chi connectivity index (χ3v) is 4.86. The molecule has 0 aromatic rings. The summed E-state index contributed by atoms with van der Waals surface area (Å²) in [4.78, 5) is 8.01. The minimum atomic E-state index is -4.15. The zero-order valence-corrected chi connectivity index (χ0v) is 14.7. The number of hydrogen-bond acceptors (Lipinski definition) is 3. The lowest BCUT2D eigenvalue weighted by atomic mass is 10.2. The lowest BCUT2D eigenvalue weighted by molar-refractivity contribution is -0.142. The van der Waals surface area contributed by atoms with E-state index in [4.69, 9.17) is 0 Å². The van der Waals surface area contributed by atoms with Gasteiger partial charge in [-0.3, -0.25) is 14.8 Å². The fourth-order valence-electron chi connectivity index (χ4n) is 3.64. The van der Waals surface area contributed by atoms with Gasteiger partial charge in [0, 0.05) is 45.3 Å². The first-order valence-electron chi connectivity index (χ1n) is 8.84. The fourth-order valence-corrected chi connectivity index (χ4v) is 3.64. The molecule has 140 valence electrons. The number of rotatable bonds is 6.